The van der Waals surface area contributed by atoms with E-state index in [1.807, 2.05) is 0 Å². The summed E-state index contributed by atoms with van der Waals surface area (Å²) in [4.78, 5) is 139. The van der Waals surface area contributed by atoms with Crippen LogP contribution in [0.5, 0.6) is 0 Å². The van der Waals surface area contributed by atoms with E-state index in [-0.39, 0.29) is 204 Å². The molecule has 0 aromatic carbocycles. The van der Waals surface area contributed by atoms with Gasteiger partial charge in [-0.25, -0.2) is 0 Å². The Bertz CT molecular complexity index is 2810. The minimum atomic E-state index is -1.47. The Morgan fingerprint density at radius 1 is 0.333 bits per heavy atom. The van der Waals surface area contributed by atoms with Crippen LogP contribution in [0, 0.1) is 0 Å². The number of carbonyl (C=O) groups is 11. The molecular weight excluding hydrogens is 1630 g/mol. The molecule has 710 valence electrons. The van der Waals surface area contributed by atoms with Crippen LogP contribution in [0.3, 0.4) is 0 Å². The van der Waals surface area contributed by atoms with Crippen molar-refractivity contribution in [1.29, 1.82) is 0 Å². The largest absolute Gasteiger partial charge is 0.394 e. The van der Waals surface area contributed by atoms with E-state index < -0.39 is 147 Å². The first-order valence-corrected chi connectivity index (χ1v) is 43.3. The van der Waals surface area contributed by atoms with Gasteiger partial charge >= 0.3 is 0 Å². The average Bonchev–Trinajstić information content (AvgIpc) is 1.68. The Balaban J connectivity index is 1.30. The van der Waals surface area contributed by atoms with E-state index in [9.17, 15) is 104 Å². The van der Waals surface area contributed by atoms with Crippen LogP contribution in [0.1, 0.15) is 188 Å². The summed E-state index contributed by atoms with van der Waals surface area (Å²) in [6, 6.07) is -3.30. The lowest BCUT2D eigenvalue weighted by atomic mass is 9.97. The number of aliphatic hydroxyl groups is 10. The summed E-state index contributed by atoms with van der Waals surface area (Å²) in [5.41, 5.74) is -1.44. The Morgan fingerprint density at radius 3 is 0.919 bits per heavy atom. The molecule has 0 saturated carbocycles. The highest BCUT2D eigenvalue weighted by atomic mass is 16.7. The number of hydrogen-bond acceptors (Lipinski definition) is 32. The molecule has 123 heavy (non-hydrogen) atoms. The molecule has 21 N–H and O–H groups in total. The molecule has 18 atom stereocenters. The van der Waals surface area contributed by atoms with Crippen molar-refractivity contribution in [3.8, 4) is 0 Å². The summed E-state index contributed by atoms with van der Waals surface area (Å²) in [5.74, 6) is -3.85. The fourth-order valence-electron chi connectivity index (χ4n) is 13.9. The van der Waals surface area contributed by atoms with Crippen LogP contribution in [-0.4, -0.2) is 371 Å². The molecule has 0 aromatic heterocycles. The van der Waals surface area contributed by atoms with E-state index in [2.05, 4.69) is 58.5 Å². The van der Waals surface area contributed by atoms with Crippen LogP contribution >= 0.6 is 0 Å². The first-order valence-electron chi connectivity index (χ1n) is 43.3. The Labute approximate surface area is 719 Å². The van der Waals surface area contributed by atoms with Crippen molar-refractivity contribution in [1.82, 2.24) is 58.5 Å². The number of unbranched alkanes of at least 4 members (excludes halogenated alkanes) is 10. The van der Waals surface area contributed by atoms with Gasteiger partial charge in [-0.15, -0.1) is 0 Å². The van der Waals surface area contributed by atoms with Crippen LogP contribution in [0.2, 0.25) is 0 Å². The molecule has 4 aliphatic heterocycles. The van der Waals surface area contributed by atoms with Gasteiger partial charge in [-0.2, -0.15) is 0 Å². The van der Waals surface area contributed by atoms with Crippen molar-refractivity contribution in [3.63, 3.8) is 0 Å². The molecule has 0 aromatic rings. The molecule has 4 aliphatic rings. The van der Waals surface area contributed by atoms with Crippen molar-refractivity contribution in [2.24, 2.45) is 0 Å². The first-order chi connectivity index (χ1) is 59.0. The molecule has 43 nitrogen and oxygen atoms in total. The third-order valence-corrected chi connectivity index (χ3v) is 20.7. The van der Waals surface area contributed by atoms with Gasteiger partial charge in [-0.3, -0.25) is 52.7 Å². The molecule has 4 saturated heterocycles. The molecule has 0 radical (unpaired) electrons. The van der Waals surface area contributed by atoms with Crippen LogP contribution in [0.25, 0.3) is 0 Å². The van der Waals surface area contributed by atoms with E-state index in [0.717, 1.165) is 38.5 Å². The molecular formula is C80H143N11O32. The second-order valence-corrected chi connectivity index (χ2v) is 31.4. The number of nitrogens with one attached hydrogen (secondary N) is 11. The quantitative estimate of drug-likeness (QED) is 0.0253. The zero-order valence-electron chi connectivity index (χ0n) is 71.9. The summed E-state index contributed by atoms with van der Waals surface area (Å²) in [6.45, 7) is 2.84. The molecule has 0 spiro atoms. The van der Waals surface area contributed by atoms with Gasteiger partial charge in [-0.05, 0) is 70.6 Å². The lowest BCUT2D eigenvalue weighted by Crippen LogP contribution is -2.64. The highest BCUT2D eigenvalue weighted by Crippen LogP contribution is 2.27. The lowest BCUT2D eigenvalue weighted by molar-refractivity contribution is -0.270. The lowest BCUT2D eigenvalue weighted by Gasteiger charge is -2.42. The van der Waals surface area contributed by atoms with Gasteiger partial charge in [0.15, 0.2) is 18.9 Å². The SMILES string of the molecule is COC[C@H]1O[C@H](CNC(=O)CCCCCCCCCCC(=O)NC(COCCC(=O)NCCCNC(=O)CCCCOC2OC(CO)C(O)C(O)C2NC(C)=O)(COCCC(=O)NCCCNC(=O)CCCCOC2OC(CO)C(O)C(O)C2NC(C)=O)COCCC(=O)NCCCNC(=O)CCCCOC2O[C@H](CO)C(O)C(O)C2NC(C)=O)C[C@@H]1O. The maximum Gasteiger partial charge on any atom is 0.222 e. The highest BCUT2D eigenvalue weighted by Gasteiger charge is 2.48. The number of hydrogen-bond donors (Lipinski definition) is 21. The number of aliphatic hydroxyl groups excluding tert-OH is 10. The van der Waals surface area contributed by atoms with Gasteiger partial charge in [0.25, 0.3) is 0 Å². The fourth-order valence-corrected chi connectivity index (χ4v) is 13.9. The smallest absolute Gasteiger partial charge is 0.222 e. The summed E-state index contributed by atoms with van der Waals surface area (Å²) < 4.78 is 63.1. The third-order valence-electron chi connectivity index (χ3n) is 20.7. The van der Waals surface area contributed by atoms with E-state index in [1.165, 1.54) is 27.9 Å². The molecule has 14 unspecified atom stereocenters. The van der Waals surface area contributed by atoms with Crippen molar-refractivity contribution in [2.45, 2.75) is 303 Å². The number of methoxy groups -OCH3 is 1. The van der Waals surface area contributed by atoms with Crippen molar-refractivity contribution >= 4 is 65.0 Å². The van der Waals surface area contributed by atoms with Crippen LogP contribution < -0.4 is 58.5 Å². The average molecular weight is 1770 g/mol. The van der Waals surface area contributed by atoms with Crippen LogP contribution in [0.15, 0.2) is 0 Å². The van der Waals surface area contributed by atoms with E-state index in [4.69, 9.17) is 52.1 Å². The maximum absolute atomic E-state index is 14.1. The molecule has 11 amide bonds. The predicted octanol–water partition coefficient (Wildman–Crippen LogP) is -5.50. The highest BCUT2D eigenvalue weighted by molar-refractivity contribution is 5.79. The Morgan fingerprint density at radius 2 is 0.618 bits per heavy atom. The van der Waals surface area contributed by atoms with Gasteiger partial charge in [0.05, 0.1) is 78.3 Å². The molecule has 4 rings (SSSR count). The summed E-state index contributed by atoms with van der Waals surface area (Å²) in [7, 11) is 1.53. The van der Waals surface area contributed by atoms with Gasteiger partial charge in [-0.1, -0.05) is 38.5 Å². The molecule has 4 heterocycles. The Kier molecular flexibility index (Phi) is 55.9. The minimum Gasteiger partial charge on any atom is -0.394 e. The molecule has 0 aliphatic carbocycles. The normalized spacial score (nSPS) is 25.5. The Hall–Kier alpha value is -6.67. The van der Waals surface area contributed by atoms with Crippen molar-refractivity contribution in [2.75, 3.05) is 139 Å². The van der Waals surface area contributed by atoms with E-state index in [1.54, 1.807) is 0 Å². The third kappa shape index (κ3) is 45.0. The second-order valence-electron chi connectivity index (χ2n) is 31.4. The zero-order valence-corrected chi connectivity index (χ0v) is 71.9. The van der Waals surface area contributed by atoms with Gasteiger partial charge in [0.2, 0.25) is 65.0 Å². The second kappa shape index (κ2) is 63.3. The number of rotatable bonds is 67. The fraction of sp³-hybridized carbons (Fsp3) is 0.863. The van der Waals surface area contributed by atoms with Gasteiger partial charge < -0.3 is 162 Å². The molecule has 4 fully saturated rings. The summed E-state index contributed by atoms with van der Waals surface area (Å²) in [6.07, 6.45) is -6.19. The molecule has 43 heteroatoms. The topological polar surface area (TPSA) is 624 Å². The number of carbonyl (C=O) groups excluding carboxylic acids is 11. The standard InChI is InChI=1S/C80H143N11O32/c1-51(95)88-68-74(110)71(107)56(44-92)121-77(68)117-36-16-13-23-60(99)81-30-19-33-84-64(103)27-39-114-48-80(91-67(106)26-12-10-8-6-5-7-9-11-22-63(102)87-43-54-42-55(98)59(120-54)47-113-4,49-115-40-28-65(104)85-34-20-31-82-61(100)24-14-17-37-118-78-69(89-52(2)96)75(111)72(108)57(45-93)122-78)50-116-41-29-66(105)86-35-21-32-83-62(101)25-15-18-38-119-79-70(90-53(3)97)76(112)73(109)58(46-94)123-79/h54-59,68-79,92-94,98,107-112H,5-50H2,1-4H3,(H,81,99)(H,82,100)(H,83,101)(H,84,103)(H,85,104)(H,86,105)(H,87,102)(H,88,95)(H,89,96)(H,90,97)(H,91,106)/t54-,55-,56+,57?,58?,59+,68?,69?,70?,71?,72?,73?,74?,75?,76?,77?,78?,79?,80?/m0/s1. The molecule has 0 bridgehead atoms. The minimum absolute atomic E-state index is 0.0724. The van der Waals surface area contributed by atoms with Crippen molar-refractivity contribution < 1.29 is 156 Å². The van der Waals surface area contributed by atoms with E-state index in [0.29, 0.717) is 90.0 Å². The maximum atomic E-state index is 14.1. The van der Waals surface area contributed by atoms with Crippen LogP contribution in [-0.2, 0) is 105 Å². The van der Waals surface area contributed by atoms with Crippen molar-refractivity contribution in [3.05, 3.63) is 0 Å². The predicted molar refractivity (Wildman–Crippen MR) is 435 cm³/mol. The first kappa shape index (κ1) is 109. The van der Waals surface area contributed by atoms with E-state index >= 15 is 0 Å². The summed E-state index contributed by atoms with van der Waals surface area (Å²) >= 11 is 0. The number of amides is 11. The van der Waals surface area contributed by atoms with Crippen LogP contribution in [0.4, 0.5) is 0 Å². The van der Waals surface area contributed by atoms with Gasteiger partial charge in [0, 0.05) is 151 Å². The monoisotopic (exact) mass is 1770 g/mol. The number of ether oxygens (including phenoxy) is 11. The zero-order chi connectivity index (χ0) is 90.3. The summed E-state index contributed by atoms with van der Waals surface area (Å²) in [5, 5.41) is 132. The van der Waals surface area contributed by atoms with Gasteiger partial charge in [0.1, 0.15) is 84.7 Å².